The van der Waals surface area contributed by atoms with Gasteiger partial charge in [0, 0.05) is 24.8 Å². The topological polar surface area (TPSA) is 100 Å². The SMILES string of the molecule is NC1(c2ccc(-c3ccc([C@H](O)[C@@H](CF)NC(=O)C(F)F)cc3)cn2)CNC1. The van der Waals surface area contributed by atoms with Crippen LogP contribution in [0.4, 0.5) is 13.2 Å². The molecule has 0 bridgehead atoms. The number of carbonyl (C=O) groups is 1. The molecule has 1 aliphatic rings. The molecular formula is C19H21F3N4O2. The standard InChI is InChI=1S/C19H21F3N4O2/c20-7-14(26-18(28)17(21)22)16(27)12-3-1-11(2-4-12)13-5-6-15(25-8-13)19(23)9-24-10-19/h1-6,8,14,16-17,24,27H,7,9-10,23H2,(H,26,28)/t14-,16+/m1/s1. The number of pyridine rings is 1. The van der Waals surface area contributed by atoms with E-state index in [1.165, 1.54) is 0 Å². The highest BCUT2D eigenvalue weighted by atomic mass is 19.3. The molecule has 2 aromatic rings. The maximum absolute atomic E-state index is 13.1. The number of nitrogens with one attached hydrogen (secondary N) is 2. The molecule has 3 rings (SSSR count). The lowest BCUT2D eigenvalue weighted by Gasteiger charge is -2.38. The van der Waals surface area contributed by atoms with Crippen LogP contribution in [0.1, 0.15) is 17.4 Å². The molecule has 1 aromatic carbocycles. The van der Waals surface area contributed by atoms with Gasteiger partial charge in [0.05, 0.1) is 17.3 Å². The van der Waals surface area contributed by atoms with E-state index < -0.39 is 36.7 Å². The van der Waals surface area contributed by atoms with Crippen molar-refractivity contribution in [1.82, 2.24) is 15.6 Å². The summed E-state index contributed by atoms with van der Waals surface area (Å²) in [6, 6.07) is 8.78. The lowest BCUT2D eigenvalue weighted by atomic mass is 9.89. The number of alkyl halides is 3. The zero-order valence-electron chi connectivity index (χ0n) is 14.9. The van der Waals surface area contributed by atoms with Gasteiger partial charge in [-0.25, -0.2) is 4.39 Å². The average Bonchev–Trinajstić information content (AvgIpc) is 2.69. The first-order chi connectivity index (χ1) is 13.3. The van der Waals surface area contributed by atoms with E-state index >= 15 is 0 Å². The Balaban J connectivity index is 1.71. The van der Waals surface area contributed by atoms with Crippen LogP contribution in [0.25, 0.3) is 11.1 Å². The van der Waals surface area contributed by atoms with Crippen molar-refractivity contribution < 1.29 is 23.1 Å². The molecule has 5 N–H and O–H groups in total. The Labute approximate surface area is 160 Å². The monoisotopic (exact) mass is 394 g/mol. The quantitative estimate of drug-likeness (QED) is 0.567. The number of hydrogen-bond acceptors (Lipinski definition) is 5. The number of hydrogen-bond donors (Lipinski definition) is 4. The molecule has 0 saturated carbocycles. The minimum Gasteiger partial charge on any atom is -0.386 e. The summed E-state index contributed by atoms with van der Waals surface area (Å²) >= 11 is 0. The van der Waals surface area contributed by atoms with Crippen LogP contribution in [-0.2, 0) is 10.3 Å². The molecule has 150 valence electrons. The van der Waals surface area contributed by atoms with Gasteiger partial charge in [-0.05, 0) is 17.2 Å². The van der Waals surface area contributed by atoms with Crippen molar-refractivity contribution in [3.63, 3.8) is 0 Å². The Hall–Kier alpha value is -2.49. The summed E-state index contributed by atoms with van der Waals surface area (Å²) in [5.74, 6) is -1.62. The molecule has 1 aliphatic heterocycles. The predicted octanol–water partition coefficient (Wildman–Crippen LogP) is 1.26. The van der Waals surface area contributed by atoms with Gasteiger partial charge in [-0.2, -0.15) is 8.78 Å². The number of nitrogens with two attached hydrogens (primary N) is 1. The second-order valence-electron chi connectivity index (χ2n) is 6.83. The van der Waals surface area contributed by atoms with Crippen LogP contribution in [0, 0.1) is 0 Å². The highest BCUT2D eigenvalue weighted by Gasteiger charge is 2.35. The zero-order valence-corrected chi connectivity index (χ0v) is 14.9. The fraction of sp³-hybridized carbons (Fsp3) is 0.368. The lowest BCUT2D eigenvalue weighted by Crippen LogP contribution is -2.63. The van der Waals surface area contributed by atoms with E-state index in [1.54, 1.807) is 35.8 Å². The highest BCUT2D eigenvalue weighted by Crippen LogP contribution is 2.26. The first kappa shape index (κ1) is 20.2. The minimum absolute atomic E-state index is 0.298. The van der Waals surface area contributed by atoms with E-state index in [0.29, 0.717) is 18.7 Å². The first-order valence-electron chi connectivity index (χ1n) is 8.73. The third-order valence-electron chi connectivity index (χ3n) is 4.81. The van der Waals surface area contributed by atoms with Gasteiger partial charge < -0.3 is 21.5 Å². The predicted molar refractivity (Wildman–Crippen MR) is 97.3 cm³/mol. The van der Waals surface area contributed by atoms with Crippen molar-refractivity contribution in [3.8, 4) is 11.1 Å². The van der Waals surface area contributed by atoms with Crippen LogP contribution < -0.4 is 16.4 Å². The number of aliphatic hydroxyl groups excluding tert-OH is 1. The maximum atomic E-state index is 13.1. The van der Waals surface area contributed by atoms with Crippen molar-refractivity contribution in [3.05, 3.63) is 53.9 Å². The summed E-state index contributed by atoms with van der Waals surface area (Å²) in [6.45, 7) is 0.163. The van der Waals surface area contributed by atoms with Crippen LogP contribution in [0.15, 0.2) is 42.6 Å². The van der Waals surface area contributed by atoms with Crippen molar-refractivity contribution >= 4 is 5.91 Å². The normalized spacial score (nSPS) is 17.6. The molecule has 0 unspecified atom stereocenters. The Morgan fingerprint density at radius 2 is 1.86 bits per heavy atom. The molecule has 1 fully saturated rings. The number of nitrogens with zero attached hydrogens (tertiary/aromatic N) is 1. The molecule has 1 amide bonds. The molecule has 9 heteroatoms. The second kappa shape index (κ2) is 8.26. The Morgan fingerprint density at radius 3 is 2.32 bits per heavy atom. The molecule has 0 radical (unpaired) electrons. The molecule has 1 aromatic heterocycles. The molecule has 0 aliphatic carbocycles. The Bertz CT molecular complexity index is 811. The van der Waals surface area contributed by atoms with Crippen LogP contribution >= 0.6 is 0 Å². The van der Waals surface area contributed by atoms with Crippen LogP contribution in [0.3, 0.4) is 0 Å². The van der Waals surface area contributed by atoms with Crippen molar-refractivity contribution in [1.29, 1.82) is 0 Å². The van der Waals surface area contributed by atoms with Crippen LogP contribution in [0.2, 0.25) is 0 Å². The fourth-order valence-electron chi connectivity index (χ4n) is 2.99. The average molecular weight is 394 g/mol. The van der Waals surface area contributed by atoms with Crippen LogP contribution in [-0.4, -0.2) is 48.2 Å². The molecule has 28 heavy (non-hydrogen) atoms. The van der Waals surface area contributed by atoms with Crippen molar-refractivity contribution in [2.75, 3.05) is 19.8 Å². The Morgan fingerprint density at radius 1 is 1.21 bits per heavy atom. The molecular weight excluding hydrogens is 373 g/mol. The number of rotatable bonds is 7. The van der Waals surface area contributed by atoms with E-state index in [-0.39, 0.29) is 0 Å². The number of amides is 1. The lowest BCUT2D eigenvalue weighted by molar-refractivity contribution is -0.133. The van der Waals surface area contributed by atoms with Gasteiger partial charge in [-0.3, -0.25) is 9.78 Å². The van der Waals surface area contributed by atoms with Gasteiger partial charge in [-0.15, -0.1) is 0 Å². The number of benzene rings is 1. The van der Waals surface area contributed by atoms with E-state index in [2.05, 4.69) is 10.3 Å². The smallest absolute Gasteiger partial charge is 0.315 e. The maximum Gasteiger partial charge on any atom is 0.315 e. The third kappa shape index (κ3) is 4.16. The van der Waals surface area contributed by atoms with E-state index in [0.717, 1.165) is 16.8 Å². The number of carbonyl (C=O) groups excluding carboxylic acids is 1. The van der Waals surface area contributed by atoms with Gasteiger partial charge in [0.15, 0.2) is 0 Å². The molecule has 6 nitrogen and oxygen atoms in total. The van der Waals surface area contributed by atoms with Gasteiger partial charge >= 0.3 is 6.43 Å². The Kier molecular flexibility index (Phi) is 5.97. The van der Waals surface area contributed by atoms with E-state index in [4.69, 9.17) is 5.73 Å². The molecule has 0 spiro atoms. The van der Waals surface area contributed by atoms with Crippen LogP contribution in [0.5, 0.6) is 0 Å². The number of aliphatic hydroxyl groups is 1. The van der Waals surface area contributed by atoms with Gasteiger partial charge in [0.2, 0.25) is 0 Å². The van der Waals surface area contributed by atoms with Crippen molar-refractivity contribution in [2.45, 2.75) is 24.1 Å². The van der Waals surface area contributed by atoms with E-state index in [9.17, 15) is 23.1 Å². The van der Waals surface area contributed by atoms with E-state index in [1.807, 2.05) is 12.1 Å². The summed E-state index contributed by atoms with van der Waals surface area (Å²) in [5.41, 5.74) is 8.48. The minimum atomic E-state index is -3.28. The first-order valence-corrected chi connectivity index (χ1v) is 8.73. The summed E-state index contributed by atoms with van der Waals surface area (Å²) in [4.78, 5) is 15.5. The van der Waals surface area contributed by atoms with Gasteiger partial charge in [-0.1, -0.05) is 30.3 Å². The number of aromatic nitrogens is 1. The summed E-state index contributed by atoms with van der Waals surface area (Å²) < 4.78 is 37.7. The second-order valence-corrected chi connectivity index (χ2v) is 6.83. The fourth-order valence-corrected chi connectivity index (χ4v) is 2.99. The largest absolute Gasteiger partial charge is 0.386 e. The van der Waals surface area contributed by atoms with Gasteiger partial charge in [0.1, 0.15) is 12.8 Å². The summed E-state index contributed by atoms with van der Waals surface area (Å²) in [5, 5.41) is 15.1. The number of halogens is 3. The third-order valence-corrected chi connectivity index (χ3v) is 4.81. The summed E-state index contributed by atoms with van der Waals surface area (Å²) in [7, 11) is 0. The molecule has 2 atom stereocenters. The molecule has 1 saturated heterocycles. The summed E-state index contributed by atoms with van der Waals surface area (Å²) in [6.07, 6.45) is -3.03. The molecule has 2 heterocycles. The zero-order chi connectivity index (χ0) is 20.3. The van der Waals surface area contributed by atoms with Crippen molar-refractivity contribution in [2.24, 2.45) is 5.73 Å². The highest BCUT2D eigenvalue weighted by molar-refractivity contribution is 5.79. The van der Waals surface area contributed by atoms with Gasteiger partial charge in [0.25, 0.3) is 5.91 Å².